The Balaban J connectivity index is 1.52. The van der Waals surface area contributed by atoms with E-state index in [0.717, 1.165) is 31.1 Å². The number of hydrogen-bond donors (Lipinski definition) is 1. The van der Waals surface area contributed by atoms with Crippen molar-refractivity contribution in [3.05, 3.63) is 35.4 Å². The molecule has 0 aliphatic carbocycles. The fourth-order valence-corrected chi connectivity index (χ4v) is 3.73. The monoisotopic (exact) mass is 258 g/mol. The molecule has 3 rings (SSSR count). The van der Waals surface area contributed by atoms with Crippen LogP contribution >= 0.6 is 0 Å². The first-order valence-corrected chi connectivity index (χ1v) is 7.79. The van der Waals surface area contributed by atoms with Gasteiger partial charge in [0, 0.05) is 24.7 Å². The van der Waals surface area contributed by atoms with Gasteiger partial charge < -0.3 is 10.2 Å². The van der Waals surface area contributed by atoms with E-state index in [1.165, 1.54) is 36.8 Å². The molecule has 2 atom stereocenters. The third kappa shape index (κ3) is 2.85. The topological polar surface area (TPSA) is 15.3 Å². The van der Waals surface area contributed by atoms with E-state index in [4.69, 9.17) is 0 Å². The predicted octanol–water partition coefficient (Wildman–Crippen LogP) is 2.96. The molecule has 0 amide bonds. The third-order valence-electron chi connectivity index (χ3n) is 5.12. The summed E-state index contributed by atoms with van der Waals surface area (Å²) < 4.78 is 0. The lowest BCUT2D eigenvalue weighted by Gasteiger charge is -2.36. The molecule has 104 valence electrons. The molecule has 2 nitrogen and oxygen atoms in total. The normalized spacial score (nSPS) is 30.7. The Kier molecular flexibility index (Phi) is 3.90. The number of hydrogen-bond acceptors (Lipinski definition) is 2. The van der Waals surface area contributed by atoms with Gasteiger partial charge in [-0.3, -0.25) is 0 Å². The highest BCUT2D eigenvalue weighted by molar-refractivity contribution is 5.22. The lowest BCUT2D eigenvalue weighted by molar-refractivity contribution is 0.148. The van der Waals surface area contributed by atoms with Gasteiger partial charge in [-0.2, -0.15) is 0 Å². The minimum absolute atomic E-state index is 0.722. The Morgan fingerprint density at radius 3 is 2.21 bits per heavy atom. The van der Waals surface area contributed by atoms with Gasteiger partial charge in [-0.1, -0.05) is 31.2 Å². The molecule has 2 saturated heterocycles. The molecule has 0 radical (unpaired) electrons. The van der Waals surface area contributed by atoms with Gasteiger partial charge in [0.25, 0.3) is 0 Å². The largest absolute Gasteiger partial charge is 0.310 e. The summed E-state index contributed by atoms with van der Waals surface area (Å²) in [6.45, 7) is 3.24. The highest BCUT2D eigenvalue weighted by atomic mass is 15.2. The van der Waals surface area contributed by atoms with Crippen LogP contribution < -0.4 is 5.32 Å². The maximum absolute atomic E-state index is 3.77. The predicted molar refractivity (Wildman–Crippen MR) is 80.3 cm³/mol. The molecule has 2 unspecified atom stereocenters. The fourth-order valence-electron chi connectivity index (χ4n) is 3.73. The molecule has 2 fully saturated rings. The molecule has 0 aromatic heterocycles. The average molecular weight is 258 g/mol. The van der Waals surface area contributed by atoms with Crippen molar-refractivity contribution in [1.82, 2.24) is 10.2 Å². The SMILES string of the molecule is CCc1ccc(CNC2CC3CCC(C2)N3C)cc1. The van der Waals surface area contributed by atoms with Crippen LogP contribution in [0.4, 0.5) is 0 Å². The van der Waals surface area contributed by atoms with E-state index in [1.54, 1.807) is 0 Å². The Bertz CT molecular complexity index is 398. The van der Waals surface area contributed by atoms with E-state index in [1.807, 2.05) is 0 Å². The Morgan fingerprint density at radius 2 is 1.63 bits per heavy atom. The van der Waals surface area contributed by atoms with Gasteiger partial charge in [0.1, 0.15) is 0 Å². The molecular formula is C17H26N2. The summed E-state index contributed by atoms with van der Waals surface area (Å²) in [5.41, 5.74) is 2.85. The van der Waals surface area contributed by atoms with E-state index in [9.17, 15) is 0 Å². The van der Waals surface area contributed by atoms with Gasteiger partial charge >= 0.3 is 0 Å². The number of nitrogens with one attached hydrogen (secondary N) is 1. The van der Waals surface area contributed by atoms with Crippen LogP contribution in [-0.4, -0.2) is 30.1 Å². The lowest BCUT2D eigenvalue weighted by Crippen LogP contribution is -2.46. The molecule has 19 heavy (non-hydrogen) atoms. The summed E-state index contributed by atoms with van der Waals surface area (Å²) in [5.74, 6) is 0. The first-order valence-electron chi connectivity index (χ1n) is 7.79. The zero-order valence-electron chi connectivity index (χ0n) is 12.2. The summed E-state index contributed by atoms with van der Waals surface area (Å²) in [4.78, 5) is 2.61. The Labute approximate surface area is 117 Å². The van der Waals surface area contributed by atoms with Crippen LogP contribution in [0.3, 0.4) is 0 Å². The second kappa shape index (κ2) is 5.64. The van der Waals surface area contributed by atoms with Crippen molar-refractivity contribution in [2.75, 3.05) is 7.05 Å². The summed E-state index contributed by atoms with van der Waals surface area (Å²) in [6, 6.07) is 11.5. The quantitative estimate of drug-likeness (QED) is 0.893. The van der Waals surface area contributed by atoms with Gasteiger partial charge in [-0.05, 0) is 50.3 Å². The van der Waals surface area contributed by atoms with Crippen molar-refractivity contribution >= 4 is 0 Å². The van der Waals surface area contributed by atoms with Crippen molar-refractivity contribution in [2.24, 2.45) is 0 Å². The molecule has 0 spiro atoms. The lowest BCUT2D eigenvalue weighted by atomic mass is 9.97. The summed E-state index contributed by atoms with van der Waals surface area (Å²) in [5, 5.41) is 3.77. The smallest absolute Gasteiger partial charge is 0.0208 e. The number of piperidine rings is 1. The zero-order valence-corrected chi connectivity index (χ0v) is 12.2. The van der Waals surface area contributed by atoms with Crippen molar-refractivity contribution in [2.45, 2.75) is 63.7 Å². The van der Waals surface area contributed by atoms with Crippen molar-refractivity contribution in [3.63, 3.8) is 0 Å². The van der Waals surface area contributed by atoms with Crippen LogP contribution in [0.1, 0.15) is 43.7 Å². The molecule has 2 heterocycles. The maximum Gasteiger partial charge on any atom is 0.0208 e. The van der Waals surface area contributed by atoms with Crippen LogP contribution in [0.25, 0.3) is 0 Å². The maximum atomic E-state index is 3.77. The Morgan fingerprint density at radius 1 is 1.05 bits per heavy atom. The molecule has 1 aromatic carbocycles. The molecule has 2 aliphatic heterocycles. The third-order valence-corrected chi connectivity index (χ3v) is 5.12. The first-order chi connectivity index (χ1) is 9.26. The van der Waals surface area contributed by atoms with Crippen molar-refractivity contribution in [1.29, 1.82) is 0 Å². The standard InChI is InChI=1S/C17H26N2/c1-3-13-4-6-14(7-5-13)12-18-15-10-16-8-9-17(11-15)19(16)2/h4-7,15-18H,3,8-12H2,1-2H3. The van der Waals surface area contributed by atoms with Crippen LogP contribution in [0, 0.1) is 0 Å². The number of nitrogens with zero attached hydrogens (tertiary/aromatic N) is 1. The van der Waals surface area contributed by atoms with Crippen molar-refractivity contribution < 1.29 is 0 Å². The van der Waals surface area contributed by atoms with E-state index in [2.05, 4.69) is 48.5 Å². The summed E-state index contributed by atoms with van der Waals surface area (Å²) in [6.07, 6.45) is 6.61. The molecule has 0 saturated carbocycles. The fraction of sp³-hybridized carbons (Fsp3) is 0.647. The molecule has 2 aliphatic rings. The van der Waals surface area contributed by atoms with Gasteiger partial charge in [0.05, 0.1) is 0 Å². The van der Waals surface area contributed by atoms with Crippen LogP contribution in [0.15, 0.2) is 24.3 Å². The minimum Gasteiger partial charge on any atom is -0.310 e. The van der Waals surface area contributed by atoms with Crippen molar-refractivity contribution in [3.8, 4) is 0 Å². The number of fused-ring (bicyclic) bond motifs is 2. The average Bonchev–Trinajstić information content (AvgIpc) is 2.68. The molecule has 1 aromatic rings. The van der Waals surface area contributed by atoms with E-state index < -0.39 is 0 Å². The van der Waals surface area contributed by atoms with E-state index in [-0.39, 0.29) is 0 Å². The number of aryl methyl sites for hydroxylation is 1. The van der Waals surface area contributed by atoms with Crippen LogP contribution in [-0.2, 0) is 13.0 Å². The highest BCUT2D eigenvalue weighted by Crippen LogP contribution is 2.34. The van der Waals surface area contributed by atoms with E-state index >= 15 is 0 Å². The second-order valence-corrected chi connectivity index (χ2v) is 6.27. The van der Waals surface area contributed by atoms with Crippen LogP contribution in [0.2, 0.25) is 0 Å². The Hall–Kier alpha value is -0.860. The second-order valence-electron chi connectivity index (χ2n) is 6.27. The first kappa shape index (κ1) is 13.1. The van der Waals surface area contributed by atoms with Gasteiger partial charge in [-0.15, -0.1) is 0 Å². The van der Waals surface area contributed by atoms with Gasteiger partial charge in [-0.25, -0.2) is 0 Å². The summed E-state index contributed by atoms with van der Waals surface area (Å²) in [7, 11) is 2.31. The number of rotatable bonds is 4. The molecule has 1 N–H and O–H groups in total. The molecule has 2 heteroatoms. The molecule has 2 bridgehead atoms. The van der Waals surface area contributed by atoms with Gasteiger partial charge in [0.2, 0.25) is 0 Å². The summed E-state index contributed by atoms with van der Waals surface area (Å²) >= 11 is 0. The zero-order chi connectivity index (χ0) is 13.2. The van der Waals surface area contributed by atoms with E-state index in [0.29, 0.717) is 0 Å². The minimum atomic E-state index is 0.722. The van der Waals surface area contributed by atoms with Gasteiger partial charge in [0.15, 0.2) is 0 Å². The highest BCUT2D eigenvalue weighted by Gasteiger charge is 2.37. The molecular weight excluding hydrogens is 232 g/mol. The number of benzene rings is 1. The van der Waals surface area contributed by atoms with Crippen LogP contribution in [0.5, 0.6) is 0 Å².